The van der Waals surface area contributed by atoms with Gasteiger partial charge in [-0.15, -0.1) is 6.58 Å². The van der Waals surface area contributed by atoms with Gasteiger partial charge in [0.25, 0.3) is 0 Å². The van der Waals surface area contributed by atoms with Crippen LogP contribution in [0.15, 0.2) is 12.2 Å². The Balaban J connectivity index is 3.86. The molecule has 0 saturated carbocycles. The van der Waals surface area contributed by atoms with E-state index in [0.717, 1.165) is 13.0 Å². The van der Waals surface area contributed by atoms with Crippen LogP contribution in [0.3, 0.4) is 0 Å². The van der Waals surface area contributed by atoms with Crippen molar-refractivity contribution < 1.29 is 4.74 Å². The highest BCUT2D eigenvalue weighted by atomic mass is 16.5. The molecule has 0 aromatic heterocycles. The second kappa shape index (κ2) is 6.21. The Hall–Kier alpha value is -0.340. The molecular weight excluding hydrogens is 150 g/mol. The minimum absolute atomic E-state index is 0.261. The summed E-state index contributed by atoms with van der Waals surface area (Å²) in [6.07, 6.45) is 1.24. The van der Waals surface area contributed by atoms with Crippen molar-refractivity contribution >= 4 is 0 Å². The molecule has 0 aliphatic carbocycles. The lowest BCUT2D eigenvalue weighted by Crippen LogP contribution is -2.37. The molecule has 2 atom stereocenters. The van der Waals surface area contributed by atoms with E-state index in [1.165, 1.54) is 5.57 Å². The van der Waals surface area contributed by atoms with Crippen LogP contribution in [0.25, 0.3) is 0 Å². The summed E-state index contributed by atoms with van der Waals surface area (Å²) in [6, 6.07) is 0.391. The highest BCUT2D eigenvalue weighted by Crippen LogP contribution is 2.08. The number of hydrogen-bond acceptors (Lipinski definition) is 2. The van der Waals surface area contributed by atoms with Gasteiger partial charge in [-0.2, -0.15) is 0 Å². The predicted molar refractivity (Wildman–Crippen MR) is 53.4 cm³/mol. The Morgan fingerprint density at radius 2 is 2.17 bits per heavy atom. The summed E-state index contributed by atoms with van der Waals surface area (Å²) in [5, 5.41) is 3.23. The Kier molecular flexibility index (Phi) is 6.03. The van der Waals surface area contributed by atoms with Crippen molar-refractivity contribution in [3.05, 3.63) is 12.2 Å². The average Bonchev–Trinajstić information content (AvgIpc) is 2.00. The zero-order valence-electron chi connectivity index (χ0n) is 8.68. The van der Waals surface area contributed by atoms with Crippen LogP contribution in [0.4, 0.5) is 0 Å². The van der Waals surface area contributed by atoms with Crippen molar-refractivity contribution in [3.8, 4) is 0 Å². The quantitative estimate of drug-likeness (QED) is 0.617. The first-order valence-electron chi connectivity index (χ1n) is 4.55. The van der Waals surface area contributed by atoms with Gasteiger partial charge in [-0.05, 0) is 34.2 Å². The normalized spacial score (nSPS) is 15.7. The summed E-state index contributed by atoms with van der Waals surface area (Å²) in [5.41, 5.74) is 1.20. The Morgan fingerprint density at radius 1 is 1.58 bits per heavy atom. The van der Waals surface area contributed by atoms with Gasteiger partial charge >= 0.3 is 0 Å². The minimum atomic E-state index is 0.261. The van der Waals surface area contributed by atoms with Crippen molar-refractivity contribution in [1.82, 2.24) is 5.32 Å². The van der Waals surface area contributed by atoms with Crippen LogP contribution in [0.2, 0.25) is 0 Å². The number of rotatable bonds is 6. The van der Waals surface area contributed by atoms with E-state index in [2.05, 4.69) is 18.8 Å². The van der Waals surface area contributed by atoms with Crippen LogP contribution >= 0.6 is 0 Å². The van der Waals surface area contributed by atoms with Crippen LogP contribution in [0, 0.1) is 0 Å². The Labute approximate surface area is 76.0 Å². The van der Waals surface area contributed by atoms with Gasteiger partial charge in [0.05, 0.1) is 6.10 Å². The van der Waals surface area contributed by atoms with Gasteiger partial charge in [0.15, 0.2) is 0 Å². The second-order valence-electron chi connectivity index (χ2n) is 3.22. The van der Waals surface area contributed by atoms with E-state index in [-0.39, 0.29) is 6.10 Å². The molecule has 2 heteroatoms. The van der Waals surface area contributed by atoms with Crippen molar-refractivity contribution in [2.24, 2.45) is 0 Å². The number of ether oxygens (including phenoxy) is 1. The zero-order chi connectivity index (χ0) is 9.56. The van der Waals surface area contributed by atoms with Gasteiger partial charge in [0.2, 0.25) is 0 Å². The first kappa shape index (κ1) is 11.7. The number of hydrogen-bond donors (Lipinski definition) is 1. The molecule has 0 rings (SSSR count). The summed E-state index contributed by atoms with van der Waals surface area (Å²) in [7, 11) is 1.96. The second-order valence-corrected chi connectivity index (χ2v) is 3.22. The van der Waals surface area contributed by atoms with E-state index in [1.54, 1.807) is 0 Å². The van der Waals surface area contributed by atoms with E-state index in [9.17, 15) is 0 Å². The first-order valence-corrected chi connectivity index (χ1v) is 4.55. The van der Waals surface area contributed by atoms with Gasteiger partial charge in [0, 0.05) is 12.6 Å². The monoisotopic (exact) mass is 171 g/mol. The first-order chi connectivity index (χ1) is 5.61. The van der Waals surface area contributed by atoms with E-state index >= 15 is 0 Å². The lowest BCUT2D eigenvalue weighted by molar-refractivity contribution is 0.0497. The van der Waals surface area contributed by atoms with Gasteiger partial charge < -0.3 is 10.1 Å². The van der Waals surface area contributed by atoms with Crippen LogP contribution < -0.4 is 5.32 Å². The fourth-order valence-electron chi connectivity index (χ4n) is 1.26. The molecule has 0 saturated heterocycles. The maximum absolute atomic E-state index is 5.49. The van der Waals surface area contributed by atoms with Crippen LogP contribution in [0.5, 0.6) is 0 Å². The van der Waals surface area contributed by atoms with Gasteiger partial charge in [-0.1, -0.05) is 5.57 Å². The summed E-state index contributed by atoms with van der Waals surface area (Å²) < 4.78 is 5.49. The molecule has 0 aromatic carbocycles. The molecule has 1 N–H and O–H groups in total. The van der Waals surface area contributed by atoms with E-state index in [0.29, 0.717) is 6.04 Å². The van der Waals surface area contributed by atoms with Crippen molar-refractivity contribution in [3.63, 3.8) is 0 Å². The molecule has 2 nitrogen and oxygen atoms in total. The van der Waals surface area contributed by atoms with E-state index < -0.39 is 0 Å². The molecule has 0 bridgehead atoms. The molecule has 2 unspecified atom stereocenters. The molecule has 0 aromatic rings. The van der Waals surface area contributed by atoms with Crippen LogP contribution in [-0.4, -0.2) is 25.8 Å². The molecule has 0 spiro atoms. The SMILES string of the molecule is C=C(C)CC(NC)C(C)OCC. The fraction of sp³-hybridized carbons (Fsp3) is 0.800. The molecular formula is C10H21NO. The van der Waals surface area contributed by atoms with Crippen molar-refractivity contribution in [2.45, 2.75) is 39.3 Å². The predicted octanol–water partition coefficient (Wildman–Crippen LogP) is 1.97. The topological polar surface area (TPSA) is 21.3 Å². The summed E-state index contributed by atoms with van der Waals surface area (Å²) in [6.45, 7) is 10.8. The third-order valence-electron chi connectivity index (χ3n) is 1.94. The molecule has 0 aliphatic rings. The third kappa shape index (κ3) is 4.52. The standard InChI is InChI=1S/C10H21NO/c1-6-12-9(4)10(11-5)7-8(2)3/h9-11H,2,6-7H2,1,3-5H3. The largest absolute Gasteiger partial charge is 0.377 e. The smallest absolute Gasteiger partial charge is 0.0702 e. The van der Waals surface area contributed by atoms with Crippen LogP contribution in [0.1, 0.15) is 27.2 Å². The molecule has 72 valence electrons. The summed E-state index contributed by atoms with van der Waals surface area (Å²) >= 11 is 0. The van der Waals surface area contributed by atoms with Crippen LogP contribution in [-0.2, 0) is 4.74 Å². The van der Waals surface area contributed by atoms with E-state index in [4.69, 9.17) is 4.74 Å². The Bertz CT molecular complexity index is 134. The fourth-order valence-corrected chi connectivity index (χ4v) is 1.26. The minimum Gasteiger partial charge on any atom is -0.377 e. The lowest BCUT2D eigenvalue weighted by atomic mass is 10.0. The molecule has 0 heterocycles. The highest BCUT2D eigenvalue weighted by molar-refractivity contribution is 4.94. The summed E-state index contributed by atoms with van der Waals surface area (Å²) in [4.78, 5) is 0. The zero-order valence-corrected chi connectivity index (χ0v) is 8.68. The maximum atomic E-state index is 5.49. The van der Waals surface area contributed by atoms with Gasteiger partial charge in [-0.3, -0.25) is 0 Å². The molecule has 0 aliphatic heterocycles. The highest BCUT2D eigenvalue weighted by Gasteiger charge is 2.14. The van der Waals surface area contributed by atoms with Crippen molar-refractivity contribution in [2.75, 3.05) is 13.7 Å². The lowest BCUT2D eigenvalue weighted by Gasteiger charge is -2.23. The molecule has 0 amide bonds. The average molecular weight is 171 g/mol. The number of likely N-dealkylation sites (N-methyl/N-ethyl adjacent to an activating group) is 1. The maximum Gasteiger partial charge on any atom is 0.0702 e. The van der Waals surface area contributed by atoms with Gasteiger partial charge in [0.1, 0.15) is 0 Å². The number of nitrogens with one attached hydrogen (secondary N) is 1. The Morgan fingerprint density at radius 3 is 2.50 bits per heavy atom. The summed E-state index contributed by atoms with van der Waals surface area (Å²) in [5.74, 6) is 0. The molecule has 0 fully saturated rings. The van der Waals surface area contributed by atoms with Crippen molar-refractivity contribution in [1.29, 1.82) is 0 Å². The third-order valence-corrected chi connectivity index (χ3v) is 1.94. The molecule has 0 radical (unpaired) electrons. The van der Waals surface area contributed by atoms with E-state index in [1.807, 2.05) is 20.9 Å². The molecule has 12 heavy (non-hydrogen) atoms. The van der Waals surface area contributed by atoms with Gasteiger partial charge in [-0.25, -0.2) is 0 Å².